The Labute approximate surface area is 232 Å². The fourth-order valence-corrected chi connectivity index (χ4v) is 5.64. The second-order valence-electron chi connectivity index (χ2n) is 9.73. The van der Waals surface area contributed by atoms with Gasteiger partial charge in [-0.15, -0.1) is 0 Å². The van der Waals surface area contributed by atoms with Crippen LogP contribution in [0.4, 0.5) is 4.79 Å². The highest BCUT2D eigenvalue weighted by atomic mass is 35.5. The van der Waals surface area contributed by atoms with Crippen molar-refractivity contribution in [2.75, 3.05) is 33.2 Å². The van der Waals surface area contributed by atoms with Gasteiger partial charge in [0.15, 0.2) is 0 Å². The van der Waals surface area contributed by atoms with Gasteiger partial charge in [0.1, 0.15) is 0 Å². The molecule has 37 heavy (non-hydrogen) atoms. The number of likely N-dealkylation sites (N-methyl/N-ethyl adjacent to an activating group) is 1. The second kappa shape index (κ2) is 11.9. The van der Waals surface area contributed by atoms with Crippen molar-refractivity contribution in [3.05, 3.63) is 68.7 Å². The maximum atomic E-state index is 13.3. The Bertz CT molecular complexity index is 1150. The third kappa shape index (κ3) is 6.51. The number of benzene rings is 2. The van der Waals surface area contributed by atoms with Crippen molar-refractivity contribution >= 4 is 52.6 Å². The zero-order valence-corrected chi connectivity index (χ0v) is 23.2. The van der Waals surface area contributed by atoms with Crippen LogP contribution in [0.2, 0.25) is 15.1 Å². The minimum absolute atomic E-state index is 0.0263. The standard InChI is InChI=1S/C27H31Cl3N4O3/c1-17(35)33-12-9-21(10-13-33)31-27(37)34-14-11-25(22(16-34)19-5-8-23(29)24(30)15-19)32(2)26(36)18-3-6-20(28)7-4-18/h3-8,15,21-22,25H,9-14,16H2,1-2H3,(H,31,37). The van der Waals surface area contributed by atoms with E-state index in [-0.39, 0.29) is 35.8 Å². The summed E-state index contributed by atoms with van der Waals surface area (Å²) in [6.45, 7) is 3.80. The average molecular weight is 566 g/mol. The maximum absolute atomic E-state index is 13.3. The van der Waals surface area contributed by atoms with E-state index in [0.717, 1.165) is 18.4 Å². The van der Waals surface area contributed by atoms with Crippen LogP contribution in [-0.2, 0) is 4.79 Å². The van der Waals surface area contributed by atoms with Gasteiger partial charge < -0.3 is 20.0 Å². The van der Waals surface area contributed by atoms with Crippen LogP contribution < -0.4 is 5.32 Å². The first-order chi connectivity index (χ1) is 17.6. The molecule has 10 heteroatoms. The van der Waals surface area contributed by atoms with Crippen LogP contribution in [-0.4, -0.2) is 77.9 Å². The Hall–Kier alpha value is -2.48. The van der Waals surface area contributed by atoms with Crippen LogP contribution in [0.15, 0.2) is 42.5 Å². The SMILES string of the molecule is CC(=O)N1CCC(NC(=O)N2CCC(N(C)C(=O)c3ccc(Cl)cc3)C(c3ccc(Cl)c(Cl)c3)C2)CC1. The summed E-state index contributed by atoms with van der Waals surface area (Å²) in [5.74, 6) is -0.203. The monoisotopic (exact) mass is 564 g/mol. The van der Waals surface area contributed by atoms with Gasteiger partial charge in [-0.2, -0.15) is 0 Å². The highest BCUT2D eigenvalue weighted by Gasteiger charge is 2.37. The Morgan fingerprint density at radius 1 is 0.892 bits per heavy atom. The summed E-state index contributed by atoms with van der Waals surface area (Å²) in [5, 5.41) is 4.60. The number of hydrogen-bond acceptors (Lipinski definition) is 3. The predicted octanol–water partition coefficient (Wildman–Crippen LogP) is 5.30. The molecule has 2 aliphatic heterocycles. The van der Waals surface area contributed by atoms with Crippen LogP contribution in [0.1, 0.15) is 48.0 Å². The van der Waals surface area contributed by atoms with Crippen LogP contribution in [0, 0.1) is 0 Å². The van der Waals surface area contributed by atoms with Crippen LogP contribution in [0.3, 0.4) is 0 Å². The van der Waals surface area contributed by atoms with Gasteiger partial charge in [-0.3, -0.25) is 9.59 Å². The first kappa shape index (κ1) is 27.6. The van der Waals surface area contributed by atoms with Crippen molar-refractivity contribution in [1.29, 1.82) is 0 Å². The van der Waals surface area contributed by atoms with E-state index in [9.17, 15) is 14.4 Å². The molecule has 0 saturated carbocycles. The number of piperidine rings is 2. The van der Waals surface area contributed by atoms with Crippen molar-refractivity contribution in [2.45, 2.75) is 44.2 Å². The second-order valence-corrected chi connectivity index (χ2v) is 11.0. The van der Waals surface area contributed by atoms with Gasteiger partial charge in [0, 0.05) is 68.7 Å². The largest absolute Gasteiger partial charge is 0.343 e. The van der Waals surface area contributed by atoms with E-state index in [1.165, 1.54) is 0 Å². The topological polar surface area (TPSA) is 73.0 Å². The predicted molar refractivity (Wildman–Crippen MR) is 147 cm³/mol. The zero-order chi connectivity index (χ0) is 26.7. The zero-order valence-electron chi connectivity index (χ0n) is 20.9. The number of rotatable bonds is 4. The van der Waals surface area contributed by atoms with Crippen molar-refractivity contribution in [3.8, 4) is 0 Å². The third-order valence-electron chi connectivity index (χ3n) is 7.41. The van der Waals surface area contributed by atoms with Crippen molar-refractivity contribution in [3.63, 3.8) is 0 Å². The molecular formula is C27H31Cl3N4O3. The summed E-state index contributed by atoms with van der Waals surface area (Å²) >= 11 is 18.5. The summed E-state index contributed by atoms with van der Waals surface area (Å²) in [7, 11) is 1.80. The number of nitrogens with zero attached hydrogens (tertiary/aromatic N) is 3. The highest BCUT2D eigenvalue weighted by Crippen LogP contribution is 2.34. The molecule has 0 radical (unpaired) electrons. The van der Waals surface area contributed by atoms with Gasteiger partial charge in [0.25, 0.3) is 5.91 Å². The van der Waals surface area contributed by atoms with E-state index in [2.05, 4.69) is 5.32 Å². The van der Waals surface area contributed by atoms with Crippen LogP contribution in [0.5, 0.6) is 0 Å². The molecule has 4 rings (SSSR count). The Morgan fingerprint density at radius 3 is 2.16 bits per heavy atom. The number of likely N-dealkylation sites (tertiary alicyclic amines) is 2. The van der Waals surface area contributed by atoms with Crippen LogP contribution in [0.25, 0.3) is 0 Å². The molecular weight excluding hydrogens is 535 g/mol. The van der Waals surface area contributed by atoms with E-state index in [0.29, 0.717) is 53.2 Å². The summed E-state index contributed by atoms with van der Waals surface area (Å²) in [5.41, 5.74) is 1.47. The van der Waals surface area contributed by atoms with Crippen LogP contribution >= 0.6 is 34.8 Å². The highest BCUT2D eigenvalue weighted by molar-refractivity contribution is 6.42. The number of urea groups is 1. The lowest BCUT2D eigenvalue weighted by Gasteiger charge is -2.43. The molecule has 0 spiro atoms. The summed E-state index contributed by atoms with van der Waals surface area (Å²) < 4.78 is 0. The van der Waals surface area contributed by atoms with Crippen molar-refractivity contribution in [1.82, 2.24) is 20.0 Å². The number of nitrogens with one attached hydrogen (secondary N) is 1. The van der Waals surface area contributed by atoms with Gasteiger partial charge in [-0.05, 0) is 61.2 Å². The number of carbonyl (C=O) groups is 3. The number of halogens is 3. The molecule has 2 fully saturated rings. The third-order valence-corrected chi connectivity index (χ3v) is 8.40. The fourth-order valence-electron chi connectivity index (χ4n) is 5.21. The molecule has 2 aromatic rings. The molecule has 198 valence electrons. The van der Waals surface area contributed by atoms with E-state index < -0.39 is 0 Å². The number of amides is 4. The first-order valence-corrected chi connectivity index (χ1v) is 13.6. The van der Waals surface area contributed by atoms with E-state index >= 15 is 0 Å². The fraction of sp³-hybridized carbons (Fsp3) is 0.444. The van der Waals surface area contributed by atoms with Gasteiger partial charge in [-0.1, -0.05) is 40.9 Å². The summed E-state index contributed by atoms with van der Waals surface area (Å²) in [4.78, 5) is 43.5. The molecule has 2 unspecified atom stereocenters. The van der Waals surface area contributed by atoms with E-state index in [1.807, 2.05) is 21.9 Å². The first-order valence-electron chi connectivity index (χ1n) is 12.4. The molecule has 2 heterocycles. The van der Waals surface area contributed by atoms with Gasteiger partial charge in [0.2, 0.25) is 5.91 Å². The van der Waals surface area contributed by atoms with Gasteiger partial charge in [0.05, 0.1) is 10.0 Å². The molecule has 0 bridgehead atoms. The molecule has 2 atom stereocenters. The lowest BCUT2D eigenvalue weighted by molar-refractivity contribution is -0.129. The Kier molecular flexibility index (Phi) is 8.88. The molecule has 2 saturated heterocycles. The summed E-state index contributed by atoms with van der Waals surface area (Å²) in [6.07, 6.45) is 2.07. The molecule has 4 amide bonds. The smallest absolute Gasteiger partial charge is 0.317 e. The molecule has 7 nitrogen and oxygen atoms in total. The maximum Gasteiger partial charge on any atom is 0.317 e. The quantitative estimate of drug-likeness (QED) is 0.547. The Morgan fingerprint density at radius 2 is 1.54 bits per heavy atom. The lowest BCUT2D eigenvalue weighted by Crippen LogP contribution is -2.56. The molecule has 2 aliphatic rings. The molecule has 0 aromatic heterocycles. The van der Waals surface area contributed by atoms with Crippen molar-refractivity contribution in [2.24, 2.45) is 0 Å². The van der Waals surface area contributed by atoms with Gasteiger partial charge in [-0.25, -0.2) is 4.79 Å². The van der Waals surface area contributed by atoms with E-state index in [1.54, 1.807) is 49.2 Å². The Balaban J connectivity index is 1.50. The molecule has 1 N–H and O–H groups in total. The van der Waals surface area contributed by atoms with E-state index in [4.69, 9.17) is 34.8 Å². The number of hydrogen-bond donors (Lipinski definition) is 1. The van der Waals surface area contributed by atoms with Crippen molar-refractivity contribution < 1.29 is 14.4 Å². The van der Waals surface area contributed by atoms with Gasteiger partial charge >= 0.3 is 6.03 Å². The molecule has 2 aromatic carbocycles. The summed E-state index contributed by atoms with van der Waals surface area (Å²) in [6, 6.07) is 12.1. The lowest BCUT2D eigenvalue weighted by atomic mass is 9.85. The number of carbonyl (C=O) groups excluding carboxylic acids is 3. The average Bonchev–Trinajstić information content (AvgIpc) is 2.90. The molecule has 0 aliphatic carbocycles. The minimum atomic E-state index is -0.157. The minimum Gasteiger partial charge on any atom is -0.343 e. The normalized spacial score (nSPS) is 20.5.